The number of amides is 1. The molecule has 0 radical (unpaired) electrons. The Balaban J connectivity index is 1.29. The first-order chi connectivity index (χ1) is 13.7. The highest BCUT2D eigenvalue weighted by Crippen LogP contribution is 2.55. The highest BCUT2D eigenvalue weighted by Gasteiger charge is 2.53. The predicted octanol–water partition coefficient (Wildman–Crippen LogP) is 3.93. The van der Waals surface area contributed by atoms with Crippen LogP contribution in [0.4, 0.5) is 0 Å². The van der Waals surface area contributed by atoms with E-state index in [0.29, 0.717) is 12.3 Å². The van der Waals surface area contributed by atoms with Crippen LogP contribution in [0.5, 0.6) is 0 Å². The molecule has 1 atom stereocenters. The third kappa shape index (κ3) is 3.23. The van der Waals surface area contributed by atoms with Gasteiger partial charge in [-0.2, -0.15) is 5.10 Å². The highest BCUT2D eigenvalue weighted by molar-refractivity contribution is 5.76. The molecule has 0 bridgehead atoms. The van der Waals surface area contributed by atoms with Gasteiger partial charge in [0.25, 0.3) is 0 Å². The van der Waals surface area contributed by atoms with Crippen molar-refractivity contribution in [2.75, 3.05) is 13.1 Å². The minimum atomic E-state index is 0.206. The third-order valence-corrected chi connectivity index (χ3v) is 7.36. The molecule has 3 heterocycles. The van der Waals surface area contributed by atoms with Crippen molar-refractivity contribution in [1.29, 1.82) is 0 Å². The zero-order valence-electron chi connectivity index (χ0n) is 16.4. The van der Waals surface area contributed by atoms with Crippen LogP contribution in [0.2, 0.25) is 0 Å². The number of nitrogens with one attached hydrogen (secondary N) is 1. The van der Waals surface area contributed by atoms with E-state index in [9.17, 15) is 4.79 Å². The summed E-state index contributed by atoms with van der Waals surface area (Å²) in [6.07, 6.45) is 14.3. The first-order valence-electron chi connectivity index (χ1n) is 10.8. The minimum absolute atomic E-state index is 0.206. The smallest absolute Gasteiger partial charge is 0.222 e. The van der Waals surface area contributed by atoms with Crippen LogP contribution in [0, 0.1) is 11.3 Å². The summed E-state index contributed by atoms with van der Waals surface area (Å²) in [5.41, 5.74) is 1.18. The number of pyridine rings is 1. The minimum Gasteiger partial charge on any atom is -0.341 e. The molecule has 0 aromatic carbocycles. The van der Waals surface area contributed by atoms with E-state index in [1.165, 1.54) is 44.9 Å². The molecule has 6 nitrogen and oxygen atoms in total. The fourth-order valence-electron chi connectivity index (χ4n) is 5.52. The number of carbonyl (C=O) groups is 1. The van der Waals surface area contributed by atoms with Crippen molar-refractivity contribution in [2.45, 2.75) is 63.7 Å². The Morgan fingerprint density at radius 2 is 1.96 bits per heavy atom. The Labute approximate surface area is 166 Å². The van der Waals surface area contributed by atoms with Gasteiger partial charge in [-0.15, -0.1) is 0 Å². The van der Waals surface area contributed by atoms with Gasteiger partial charge < -0.3 is 4.90 Å². The van der Waals surface area contributed by atoms with E-state index in [1.807, 2.05) is 12.1 Å². The Bertz CT molecular complexity index is 822. The van der Waals surface area contributed by atoms with Gasteiger partial charge in [-0.05, 0) is 42.7 Å². The molecule has 1 aliphatic heterocycles. The number of carbonyl (C=O) groups excluding carboxylic acids is 1. The number of H-pyrrole nitrogens is 1. The average Bonchev–Trinajstić information content (AvgIpc) is 3.45. The molecule has 3 aliphatic rings. The highest BCUT2D eigenvalue weighted by atomic mass is 16.2. The van der Waals surface area contributed by atoms with Gasteiger partial charge >= 0.3 is 0 Å². The maximum Gasteiger partial charge on any atom is 0.222 e. The average molecular weight is 380 g/mol. The van der Waals surface area contributed by atoms with Gasteiger partial charge in [-0.25, -0.2) is 4.98 Å². The van der Waals surface area contributed by atoms with Crippen LogP contribution in [-0.4, -0.2) is 44.1 Å². The number of rotatable bonds is 5. The maximum absolute atomic E-state index is 12.9. The zero-order chi connectivity index (χ0) is 19.0. The van der Waals surface area contributed by atoms with Crippen LogP contribution in [0.3, 0.4) is 0 Å². The molecule has 1 N–H and O–H groups in total. The number of likely N-dealkylation sites (tertiary alicyclic amines) is 1. The van der Waals surface area contributed by atoms with E-state index >= 15 is 0 Å². The molecule has 3 fully saturated rings. The topological polar surface area (TPSA) is 74.8 Å². The van der Waals surface area contributed by atoms with Crippen molar-refractivity contribution in [1.82, 2.24) is 25.1 Å². The fraction of sp³-hybridized carbons (Fsp3) is 0.636. The van der Waals surface area contributed by atoms with Crippen LogP contribution >= 0.6 is 0 Å². The van der Waals surface area contributed by atoms with Gasteiger partial charge in [0.05, 0.1) is 0 Å². The van der Waals surface area contributed by atoms with Crippen LogP contribution in [-0.2, 0) is 4.79 Å². The number of hydrogen-bond acceptors (Lipinski definition) is 4. The normalized spacial score (nSPS) is 24.0. The third-order valence-electron chi connectivity index (χ3n) is 7.36. The Kier molecular flexibility index (Phi) is 4.65. The Morgan fingerprint density at radius 1 is 1.18 bits per heavy atom. The second-order valence-corrected chi connectivity index (χ2v) is 9.01. The van der Waals surface area contributed by atoms with Crippen LogP contribution in [0.25, 0.3) is 11.4 Å². The summed E-state index contributed by atoms with van der Waals surface area (Å²) in [6, 6.07) is 3.86. The lowest BCUT2D eigenvalue weighted by Crippen LogP contribution is -2.38. The molecule has 2 aromatic rings. The SMILES string of the molecule is O=C(CCC1CCCC1)N1CC(c2nc(-c3ccncc3)n[nH]2)C2(CCC2)C1. The molecule has 1 unspecified atom stereocenters. The molecule has 2 saturated carbocycles. The van der Waals surface area contributed by atoms with Crippen molar-refractivity contribution in [3.8, 4) is 11.4 Å². The molecule has 28 heavy (non-hydrogen) atoms. The number of hydrogen-bond donors (Lipinski definition) is 1. The summed E-state index contributed by atoms with van der Waals surface area (Å²) in [5, 5.41) is 7.63. The number of aromatic amines is 1. The van der Waals surface area contributed by atoms with Crippen LogP contribution in [0.1, 0.15) is 69.5 Å². The molecular weight excluding hydrogens is 350 g/mol. The van der Waals surface area contributed by atoms with Gasteiger partial charge in [0.1, 0.15) is 5.82 Å². The van der Waals surface area contributed by atoms with Gasteiger partial charge in [0, 0.05) is 43.4 Å². The van der Waals surface area contributed by atoms with Crippen LogP contribution in [0.15, 0.2) is 24.5 Å². The van der Waals surface area contributed by atoms with E-state index in [1.54, 1.807) is 12.4 Å². The second kappa shape index (κ2) is 7.30. The quantitative estimate of drug-likeness (QED) is 0.854. The summed E-state index contributed by atoms with van der Waals surface area (Å²) in [6.45, 7) is 1.68. The molecule has 1 amide bonds. The largest absolute Gasteiger partial charge is 0.341 e. The summed E-state index contributed by atoms with van der Waals surface area (Å²) < 4.78 is 0. The molecule has 2 aromatic heterocycles. The van der Waals surface area contributed by atoms with E-state index in [2.05, 4.69) is 20.1 Å². The van der Waals surface area contributed by atoms with Crippen molar-refractivity contribution >= 4 is 5.91 Å². The summed E-state index contributed by atoms with van der Waals surface area (Å²) in [4.78, 5) is 23.9. The van der Waals surface area contributed by atoms with Crippen LogP contribution < -0.4 is 0 Å². The molecule has 148 valence electrons. The molecule has 6 heteroatoms. The molecule has 2 aliphatic carbocycles. The number of aromatic nitrogens is 4. The summed E-state index contributed by atoms with van der Waals surface area (Å²) >= 11 is 0. The summed E-state index contributed by atoms with van der Waals surface area (Å²) in [5.74, 6) is 3.06. The first-order valence-corrected chi connectivity index (χ1v) is 10.8. The Hall–Kier alpha value is -2.24. The molecular formula is C22H29N5O. The standard InChI is InChI=1S/C22H29N5O/c28-19(7-6-16-4-1-2-5-16)27-14-18(22(15-27)10-3-11-22)21-24-20(25-26-21)17-8-12-23-13-9-17/h8-9,12-13,16,18H,1-7,10-11,14-15H2,(H,24,25,26). The van der Waals surface area contributed by atoms with Gasteiger partial charge in [0.15, 0.2) is 5.82 Å². The number of nitrogens with zero attached hydrogens (tertiary/aromatic N) is 4. The van der Waals surface area contributed by atoms with Crippen molar-refractivity contribution < 1.29 is 4.79 Å². The predicted molar refractivity (Wildman–Crippen MR) is 106 cm³/mol. The molecule has 1 spiro atoms. The van der Waals surface area contributed by atoms with E-state index in [-0.39, 0.29) is 11.3 Å². The van der Waals surface area contributed by atoms with Crippen molar-refractivity contribution in [3.05, 3.63) is 30.4 Å². The maximum atomic E-state index is 12.9. The lowest BCUT2D eigenvalue weighted by atomic mass is 9.62. The van der Waals surface area contributed by atoms with Gasteiger partial charge in [-0.3, -0.25) is 14.9 Å². The van der Waals surface area contributed by atoms with E-state index in [4.69, 9.17) is 4.98 Å². The zero-order valence-corrected chi connectivity index (χ0v) is 16.4. The molecule has 1 saturated heterocycles. The molecule has 5 rings (SSSR count). The first kappa shape index (κ1) is 17.8. The lowest BCUT2D eigenvalue weighted by molar-refractivity contribution is -0.131. The Morgan fingerprint density at radius 3 is 2.68 bits per heavy atom. The fourth-order valence-corrected chi connectivity index (χ4v) is 5.52. The lowest BCUT2D eigenvalue weighted by Gasteiger charge is -2.41. The van der Waals surface area contributed by atoms with Gasteiger partial charge in [0.2, 0.25) is 5.91 Å². The van der Waals surface area contributed by atoms with Gasteiger partial charge in [-0.1, -0.05) is 32.1 Å². The van der Waals surface area contributed by atoms with Crippen molar-refractivity contribution in [2.24, 2.45) is 11.3 Å². The monoisotopic (exact) mass is 379 g/mol. The second-order valence-electron chi connectivity index (χ2n) is 9.01. The van der Waals surface area contributed by atoms with Crippen molar-refractivity contribution in [3.63, 3.8) is 0 Å². The summed E-state index contributed by atoms with van der Waals surface area (Å²) in [7, 11) is 0. The van der Waals surface area contributed by atoms with E-state index in [0.717, 1.165) is 42.6 Å². The van der Waals surface area contributed by atoms with E-state index < -0.39 is 0 Å².